The quantitative estimate of drug-likeness (QED) is 0.864. The molecule has 1 saturated carbocycles. The first kappa shape index (κ1) is 14.5. The summed E-state index contributed by atoms with van der Waals surface area (Å²) in [5, 5.41) is 3.69. The number of aromatic nitrogens is 1. The lowest BCUT2D eigenvalue weighted by atomic mass is 10.0. The lowest BCUT2D eigenvalue weighted by Gasteiger charge is -2.07. The van der Waals surface area contributed by atoms with E-state index in [1.165, 1.54) is 31.2 Å². The van der Waals surface area contributed by atoms with E-state index in [0.717, 1.165) is 34.1 Å². The smallest absolute Gasteiger partial charge is 0.226 e. The molecular formula is C17H22N2OS. The van der Waals surface area contributed by atoms with E-state index in [9.17, 15) is 4.79 Å². The van der Waals surface area contributed by atoms with Gasteiger partial charge < -0.3 is 5.32 Å². The first-order chi connectivity index (χ1) is 10.2. The van der Waals surface area contributed by atoms with E-state index in [1.54, 1.807) is 11.3 Å². The van der Waals surface area contributed by atoms with E-state index >= 15 is 0 Å². The predicted molar refractivity (Wildman–Crippen MR) is 88.8 cm³/mol. The largest absolute Gasteiger partial charge is 0.302 e. The Morgan fingerprint density at radius 1 is 1.38 bits per heavy atom. The highest BCUT2D eigenvalue weighted by Crippen LogP contribution is 2.29. The molecule has 1 N–H and O–H groups in total. The number of nitrogens with one attached hydrogen (secondary N) is 1. The summed E-state index contributed by atoms with van der Waals surface area (Å²) in [5.74, 6) is 0.870. The summed E-state index contributed by atoms with van der Waals surface area (Å²) >= 11 is 1.57. The lowest BCUT2D eigenvalue weighted by Crippen LogP contribution is -2.12. The predicted octanol–water partition coefficient (Wildman–Crippen LogP) is 4.77. The van der Waals surface area contributed by atoms with Gasteiger partial charge in [-0.15, -0.1) is 0 Å². The van der Waals surface area contributed by atoms with Crippen LogP contribution in [0.1, 0.15) is 51.0 Å². The minimum atomic E-state index is 0.108. The number of carbonyl (C=O) groups is 1. The zero-order valence-electron chi connectivity index (χ0n) is 12.5. The normalized spacial score (nSPS) is 15.7. The second kappa shape index (κ2) is 6.56. The van der Waals surface area contributed by atoms with Gasteiger partial charge in [-0.1, -0.05) is 50.0 Å². The average molecular weight is 302 g/mol. The van der Waals surface area contributed by atoms with Gasteiger partial charge in [0.2, 0.25) is 5.91 Å². The molecule has 0 spiro atoms. The van der Waals surface area contributed by atoms with Crippen molar-refractivity contribution >= 4 is 32.6 Å². The van der Waals surface area contributed by atoms with Gasteiger partial charge >= 0.3 is 0 Å². The molecule has 21 heavy (non-hydrogen) atoms. The lowest BCUT2D eigenvalue weighted by molar-refractivity contribution is -0.116. The molecule has 0 aliphatic heterocycles. The summed E-state index contributed by atoms with van der Waals surface area (Å²) < 4.78 is 1.15. The molecule has 3 rings (SSSR count). The van der Waals surface area contributed by atoms with E-state index in [1.807, 2.05) is 6.07 Å². The van der Waals surface area contributed by atoms with Crippen molar-refractivity contribution in [2.45, 2.75) is 51.9 Å². The van der Waals surface area contributed by atoms with Gasteiger partial charge in [0, 0.05) is 6.42 Å². The Kier molecular flexibility index (Phi) is 4.54. The summed E-state index contributed by atoms with van der Waals surface area (Å²) in [6.45, 7) is 2.15. The van der Waals surface area contributed by atoms with Crippen molar-refractivity contribution < 1.29 is 4.79 Å². The third-order valence-corrected chi connectivity index (χ3v) is 5.30. The zero-order chi connectivity index (χ0) is 14.7. The maximum atomic E-state index is 12.0. The van der Waals surface area contributed by atoms with E-state index in [-0.39, 0.29) is 5.91 Å². The molecule has 1 aliphatic carbocycles. The molecule has 1 heterocycles. The van der Waals surface area contributed by atoms with Gasteiger partial charge in [-0.05, 0) is 36.5 Å². The highest BCUT2D eigenvalue weighted by atomic mass is 32.1. The van der Waals surface area contributed by atoms with Crippen LogP contribution in [0.4, 0.5) is 5.13 Å². The minimum absolute atomic E-state index is 0.108. The van der Waals surface area contributed by atoms with E-state index in [0.29, 0.717) is 6.42 Å². The Balaban J connectivity index is 1.59. The summed E-state index contributed by atoms with van der Waals surface area (Å²) in [5.41, 5.74) is 2.29. The van der Waals surface area contributed by atoms with Crippen LogP contribution in [0.25, 0.3) is 10.2 Å². The van der Waals surface area contributed by atoms with Crippen molar-refractivity contribution in [1.29, 1.82) is 0 Å². The summed E-state index contributed by atoms with van der Waals surface area (Å²) in [7, 11) is 0. The van der Waals surface area contributed by atoms with Gasteiger partial charge in [0.25, 0.3) is 0 Å². The van der Waals surface area contributed by atoms with Crippen LogP contribution in [0.3, 0.4) is 0 Å². The van der Waals surface area contributed by atoms with Gasteiger partial charge in [-0.2, -0.15) is 0 Å². The number of nitrogens with zero attached hydrogens (tertiary/aromatic N) is 1. The minimum Gasteiger partial charge on any atom is -0.302 e. The van der Waals surface area contributed by atoms with Crippen LogP contribution in [0.15, 0.2) is 18.2 Å². The molecule has 0 bridgehead atoms. The first-order valence-corrected chi connectivity index (χ1v) is 8.75. The van der Waals surface area contributed by atoms with Crippen LogP contribution < -0.4 is 5.32 Å². The first-order valence-electron chi connectivity index (χ1n) is 7.94. The molecule has 1 aromatic heterocycles. The number of benzene rings is 1. The number of carbonyl (C=O) groups excluding carboxylic acids is 1. The van der Waals surface area contributed by atoms with Crippen molar-refractivity contribution in [3.8, 4) is 0 Å². The number of rotatable bonds is 5. The molecule has 112 valence electrons. The Morgan fingerprint density at radius 2 is 2.19 bits per heavy atom. The van der Waals surface area contributed by atoms with Gasteiger partial charge in [0.1, 0.15) is 0 Å². The van der Waals surface area contributed by atoms with Crippen molar-refractivity contribution in [3.63, 3.8) is 0 Å². The molecule has 0 radical (unpaired) electrons. The fourth-order valence-corrected chi connectivity index (χ4v) is 4.00. The van der Waals surface area contributed by atoms with Crippen LogP contribution in [-0.4, -0.2) is 10.9 Å². The molecule has 2 aromatic rings. The third-order valence-electron chi connectivity index (χ3n) is 4.36. The monoisotopic (exact) mass is 302 g/mol. The summed E-state index contributed by atoms with van der Waals surface area (Å²) in [6, 6.07) is 6.31. The Morgan fingerprint density at radius 3 is 2.95 bits per heavy atom. The molecule has 1 fully saturated rings. The zero-order valence-corrected chi connectivity index (χ0v) is 13.3. The van der Waals surface area contributed by atoms with Crippen molar-refractivity contribution in [2.75, 3.05) is 5.32 Å². The fourth-order valence-electron chi connectivity index (χ4n) is 3.06. The second-order valence-electron chi connectivity index (χ2n) is 5.91. The number of fused-ring (bicyclic) bond motifs is 1. The van der Waals surface area contributed by atoms with Crippen LogP contribution in [0.2, 0.25) is 0 Å². The van der Waals surface area contributed by atoms with E-state index in [4.69, 9.17) is 0 Å². The molecule has 4 heteroatoms. The van der Waals surface area contributed by atoms with Crippen LogP contribution in [-0.2, 0) is 11.2 Å². The standard InChI is InChI=1S/C17H22N2OS/c1-2-12-7-9-14-15(11-12)21-17(18-14)19-16(20)10-8-13-5-3-4-6-13/h7,9,11,13H,2-6,8,10H2,1H3,(H,18,19,20). The molecule has 0 saturated heterocycles. The second-order valence-corrected chi connectivity index (χ2v) is 6.94. The number of amides is 1. The highest BCUT2D eigenvalue weighted by Gasteiger charge is 2.16. The summed E-state index contributed by atoms with van der Waals surface area (Å²) in [6.07, 6.45) is 7.95. The topological polar surface area (TPSA) is 42.0 Å². The molecular weight excluding hydrogens is 280 g/mol. The number of anilines is 1. The third kappa shape index (κ3) is 3.62. The molecule has 0 atom stereocenters. The van der Waals surface area contributed by atoms with Crippen LogP contribution in [0, 0.1) is 5.92 Å². The SMILES string of the molecule is CCc1ccc2nc(NC(=O)CCC3CCCC3)sc2c1. The van der Waals surface area contributed by atoms with E-state index < -0.39 is 0 Å². The van der Waals surface area contributed by atoms with Gasteiger partial charge in [-0.25, -0.2) is 4.98 Å². The highest BCUT2D eigenvalue weighted by molar-refractivity contribution is 7.22. The fraction of sp³-hybridized carbons (Fsp3) is 0.529. The van der Waals surface area contributed by atoms with Crippen LogP contribution >= 0.6 is 11.3 Å². The van der Waals surface area contributed by atoms with Gasteiger partial charge in [0.05, 0.1) is 10.2 Å². The molecule has 1 amide bonds. The summed E-state index contributed by atoms with van der Waals surface area (Å²) in [4.78, 5) is 16.5. The maximum Gasteiger partial charge on any atom is 0.226 e. The molecule has 3 nitrogen and oxygen atoms in total. The molecule has 1 aliphatic rings. The molecule has 0 unspecified atom stereocenters. The number of thiazole rings is 1. The molecule has 1 aromatic carbocycles. The number of hydrogen-bond donors (Lipinski definition) is 1. The maximum absolute atomic E-state index is 12.0. The average Bonchev–Trinajstić information content (AvgIpc) is 3.13. The van der Waals surface area contributed by atoms with Crippen molar-refractivity contribution in [2.24, 2.45) is 5.92 Å². The van der Waals surface area contributed by atoms with Crippen LogP contribution in [0.5, 0.6) is 0 Å². The van der Waals surface area contributed by atoms with Crippen molar-refractivity contribution in [1.82, 2.24) is 4.98 Å². The van der Waals surface area contributed by atoms with E-state index in [2.05, 4.69) is 29.4 Å². The Bertz CT molecular complexity index is 629. The van der Waals surface area contributed by atoms with Gasteiger partial charge in [0.15, 0.2) is 5.13 Å². The Hall–Kier alpha value is -1.42. The van der Waals surface area contributed by atoms with Gasteiger partial charge in [-0.3, -0.25) is 4.79 Å². The Labute approximate surface area is 129 Å². The van der Waals surface area contributed by atoms with Crippen molar-refractivity contribution in [3.05, 3.63) is 23.8 Å². The number of aryl methyl sites for hydroxylation is 1. The number of hydrogen-bond acceptors (Lipinski definition) is 3.